The minimum atomic E-state index is 0.0217. The molecular weight excluding hydrogens is 268 g/mol. The van der Waals surface area contributed by atoms with E-state index in [1.54, 1.807) is 0 Å². The van der Waals surface area contributed by atoms with Gasteiger partial charge < -0.3 is 4.74 Å². The fraction of sp³-hybridized carbons (Fsp3) is 0.333. The summed E-state index contributed by atoms with van der Waals surface area (Å²) in [7, 11) is 0. The maximum Gasteiger partial charge on any atom is 0.174 e. The highest BCUT2D eigenvalue weighted by molar-refractivity contribution is 9.10. The van der Waals surface area contributed by atoms with Gasteiger partial charge in [0.1, 0.15) is 11.8 Å². The van der Waals surface area contributed by atoms with Crippen LogP contribution in [0.25, 0.3) is 0 Å². The van der Waals surface area contributed by atoms with Crippen LogP contribution in [0.5, 0.6) is 5.75 Å². The summed E-state index contributed by atoms with van der Waals surface area (Å²) in [5.41, 5.74) is 0.950. The molecule has 0 heterocycles. The van der Waals surface area contributed by atoms with Crippen molar-refractivity contribution in [1.82, 2.24) is 0 Å². The van der Waals surface area contributed by atoms with E-state index in [4.69, 9.17) is 15.3 Å². The van der Waals surface area contributed by atoms with Crippen LogP contribution in [0, 0.1) is 22.7 Å². The molecule has 0 bridgehead atoms. The van der Waals surface area contributed by atoms with E-state index in [0.717, 1.165) is 10.0 Å². The van der Waals surface area contributed by atoms with E-state index in [0.29, 0.717) is 12.2 Å². The summed E-state index contributed by atoms with van der Waals surface area (Å²) < 4.78 is 6.26. The van der Waals surface area contributed by atoms with Crippen LogP contribution in [-0.2, 0) is 0 Å². The van der Waals surface area contributed by atoms with Crippen LogP contribution in [-0.4, -0.2) is 6.61 Å². The third kappa shape index (κ3) is 3.25. The Kier molecular flexibility index (Phi) is 4.82. The lowest BCUT2D eigenvalue weighted by Crippen LogP contribution is -2.01. The van der Waals surface area contributed by atoms with E-state index in [1.807, 2.05) is 31.2 Å². The molecule has 0 saturated carbocycles. The minimum Gasteiger partial charge on any atom is -0.478 e. The van der Waals surface area contributed by atoms with Gasteiger partial charge in [-0.15, -0.1) is 0 Å². The van der Waals surface area contributed by atoms with Crippen LogP contribution >= 0.6 is 15.9 Å². The summed E-state index contributed by atoms with van der Waals surface area (Å²) in [6.45, 7) is 1.98. The summed E-state index contributed by atoms with van der Waals surface area (Å²) in [5.74, 6) is 0.767. The number of halogens is 1. The summed E-state index contributed by atoms with van der Waals surface area (Å²) in [4.78, 5) is 0. The van der Waals surface area contributed by atoms with Crippen LogP contribution in [0.15, 0.2) is 22.7 Å². The number of ether oxygens (including phenoxy) is 1. The Morgan fingerprint density at radius 3 is 2.75 bits per heavy atom. The van der Waals surface area contributed by atoms with E-state index >= 15 is 0 Å². The van der Waals surface area contributed by atoms with Gasteiger partial charge in [0, 0.05) is 10.9 Å². The molecule has 0 fully saturated rings. The lowest BCUT2D eigenvalue weighted by atomic mass is 9.97. The SMILES string of the molecule is CC(CC#N)c1cc(Br)ccc1OCC#N. The van der Waals surface area contributed by atoms with Gasteiger partial charge in [0.2, 0.25) is 0 Å². The van der Waals surface area contributed by atoms with Gasteiger partial charge in [0.05, 0.1) is 6.07 Å². The first-order valence-corrected chi connectivity index (χ1v) is 5.64. The van der Waals surface area contributed by atoms with Gasteiger partial charge in [-0.1, -0.05) is 22.9 Å². The molecule has 0 aliphatic rings. The zero-order chi connectivity index (χ0) is 12.0. The zero-order valence-electron chi connectivity index (χ0n) is 8.90. The minimum absolute atomic E-state index is 0.0217. The van der Waals surface area contributed by atoms with Crippen molar-refractivity contribution >= 4 is 15.9 Å². The Morgan fingerprint density at radius 2 is 2.12 bits per heavy atom. The molecule has 1 rings (SSSR count). The molecule has 0 saturated heterocycles. The first-order chi connectivity index (χ1) is 7.69. The van der Waals surface area contributed by atoms with E-state index in [1.165, 1.54) is 0 Å². The number of hydrogen-bond donors (Lipinski definition) is 0. The number of rotatable bonds is 4. The molecular formula is C12H11BrN2O. The number of hydrogen-bond acceptors (Lipinski definition) is 3. The topological polar surface area (TPSA) is 56.8 Å². The highest BCUT2D eigenvalue weighted by Crippen LogP contribution is 2.31. The van der Waals surface area contributed by atoms with Gasteiger partial charge in [0.25, 0.3) is 0 Å². The summed E-state index contributed by atoms with van der Waals surface area (Å²) in [6.07, 6.45) is 0.430. The molecule has 1 aromatic rings. The molecule has 1 aromatic carbocycles. The molecule has 0 aliphatic heterocycles. The van der Waals surface area contributed by atoms with Crippen molar-refractivity contribution in [3.05, 3.63) is 28.2 Å². The van der Waals surface area contributed by atoms with Crippen LogP contribution in [0.4, 0.5) is 0 Å². The largest absolute Gasteiger partial charge is 0.478 e. The molecule has 1 unspecified atom stereocenters. The second-order valence-electron chi connectivity index (χ2n) is 3.39. The Balaban J connectivity index is 2.99. The van der Waals surface area contributed by atoms with Crippen LogP contribution in [0.1, 0.15) is 24.8 Å². The zero-order valence-corrected chi connectivity index (χ0v) is 10.5. The van der Waals surface area contributed by atoms with Crippen molar-refractivity contribution in [3.63, 3.8) is 0 Å². The van der Waals surface area contributed by atoms with Crippen molar-refractivity contribution in [2.45, 2.75) is 19.3 Å². The first-order valence-electron chi connectivity index (χ1n) is 4.85. The van der Waals surface area contributed by atoms with Gasteiger partial charge in [-0.3, -0.25) is 0 Å². The van der Waals surface area contributed by atoms with Crippen molar-refractivity contribution in [2.75, 3.05) is 6.61 Å². The van der Waals surface area contributed by atoms with Gasteiger partial charge in [-0.05, 0) is 29.7 Å². The predicted octanol–water partition coefficient (Wildman–Crippen LogP) is 3.37. The Bertz CT molecular complexity index is 445. The average Bonchev–Trinajstić information content (AvgIpc) is 2.27. The summed E-state index contributed by atoms with van der Waals surface area (Å²) in [5, 5.41) is 17.2. The number of benzene rings is 1. The Hall–Kier alpha value is -1.52. The van der Waals surface area contributed by atoms with Gasteiger partial charge in [-0.25, -0.2) is 0 Å². The second kappa shape index (κ2) is 6.15. The maximum absolute atomic E-state index is 8.68. The van der Waals surface area contributed by atoms with Crippen LogP contribution < -0.4 is 4.74 Å². The molecule has 0 radical (unpaired) electrons. The average molecular weight is 279 g/mol. The first kappa shape index (κ1) is 12.5. The molecule has 3 nitrogen and oxygen atoms in total. The van der Waals surface area contributed by atoms with Crippen LogP contribution in [0.3, 0.4) is 0 Å². The van der Waals surface area contributed by atoms with E-state index in [9.17, 15) is 0 Å². The van der Waals surface area contributed by atoms with Gasteiger partial charge >= 0.3 is 0 Å². The predicted molar refractivity (Wildman–Crippen MR) is 63.9 cm³/mol. The Labute approximate surface area is 103 Å². The number of nitrogens with zero attached hydrogens (tertiary/aromatic N) is 2. The number of nitriles is 2. The summed E-state index contributed by atoms with van der Waals surface area (Å²) >= 11 is 3.38. The Morgan fingerprint density at radius 1 is 1.38 bits per heavy atom. The lowest BCUT2D eigenvalue weighted by Gasteiger charge is -2.13. The quantitative estimate of drug-likeness (QED) is 0.849. The summed E-state index contributed by atoms with van der Waals surface area (Å²) in [6, 6.07) is 9.65. The van der Waals surface area contributed by atoms with E-state index in [2.05, 4.69) is 22.0 Å². The second-order valence-corrected chi connectivity index (χ2v) is 4.31. The fourth-order valence-electron chi connectivity index (χ4n) is 1.39. The van der Waals surface area contributed by atoms with Crippen molar-refractivity contribution in [2.24, 2.45) is 0 Å². The lowest BCUT2D eigenvalue weighted by molar-refractivity contribution is 0.361. The highest BCUT2D eigenvalue weighted by atomic mass is 79.9. The molecule has 16 heavy (non-hydrogen) atoms. The fourth-order valence-corrected chi connectivity index (χ4v) is 1.77. The van der Waals surface area contributed by atoms with Crippen molar-refractivity contribution in [3.8, 4) is 17.9 Å². The molecule has 0 amide bonds. The van der Waals surface area contributed by atoms with Crippen LogP contribution in [0.2, 0.25) is 0 Å². The van der Waals surface area contributed by atoms with Crippen molar-refractivity contribution in [1.29, 1.82) is 10.5 Å². The third-order valence-electron chi connectivity index (χ3n) is 2.19. The third-order valence-corrected chi connectivity index (χ3v) is 2.69. The normalized spacial score (nSPS) is 11.2. The van der Waals surface area contributed by atoms with Gasteiger partial charge in [0.15, 0.2) is 6.61 Å². The van der Waals surface area contributed by atoms with E-state index < -0.39 is 0 Å². The molecule has 4 heteroatoms. The molecule has 0 spiro atoms. The smallest absolute Gasteiger partial charge is 0.174 e. The molecule has 0 aliphatic carbocycles. The molecule has 0 aromatic heterocycles. The molecule has 0 N–H and O–H groups in total. The van der Waals surface area contributed by atoms with Crippen molar-refractivity contribution < 1.29 is 4.74 Å². The van der Waals surface area contributed by atoms with E-state index in [-0.39, 0.29) is 12.5 Å². The monoisotopic (exact) mass is 278 g/mol. The highest BCUT2D eigenvalue weighted by Gasteiger charge is 2.12. The molecule has 82 valence electrons. The molecule has 1 atom stereocenters. The van der Waals surface area contributed by atoms with Gasteiger partial charge in [-0.2, -0.15) is 10.5 Å². The maximum atomic E-state index is 8.68. The standard InChI is InChI=1S/C12H11BrN2O/c1-9(4-5-14)11-8-10(13)2-3-12(11)16-7-6-15/h2-3,8-9H,4,7H2,1H3.